The minimum Gasteiger partial charge on any atom is -0.389 e. The zero-order valence-corrected chi connectivity index (χ0v) is 17.5. The number of aliphatic hydroxyl groups is 1. The van der Waals surface area contributed by atoms with Crippen LogP contribution in [0.15, 0.2) is 23.9 Å². The fourth-order valence-electron chi connectivity index (χ4n) is 7.09. The van der Waals surface area contributed by atoms with E-state index >= 15 is 0 Å². The molecule has 3 N–H and O–H groups in total. The number of amides is 2. The van der Waals surface area contributed by atoms with E-state index in [0.717, 1.165) is 37.8 Å². The normalized spacial score (nSPS) is 46.7. The SMILES string of the molecule is CC(=O)NC1=CC2CC(O)C=C[C@]2(C)[C@@H]2CC[C@]3(C)C(NC(C)=O)CC[C@H]3[C@H]12. The van der Waals surface area contributed by atoms with E-state index in [-0.39, 0.29) is 34.6 Å². The van der Waals surface area contributed by atoms with Gasteiger partial charge >= 0.3 is 0 Å². The van der Waals surface area contributed by atoms with Crippen LogP contribution in [0.25, 0.3) is 0 Å². The van der Waals surface area contributed by atoms with Gasteiger partial charge in [0, 0.05) is 31.5 Å². The number of fused-ring (bicyclic) bond motifs is 5. The molecule has 5 nitrogen and oxygen atoms in total. The van der Waals surface area contributed by atoms with Crippen LogP contribution in [0.5, 0.6) is 0 Å². The average molecular weight is 387 g/mol. The van der Waals surface area contributed by atoms with Crippen LogP contribution in [0.2, 0.25) is 0 Å². The van der Waals surface area contributed by atoms with E-state index in [1.54, 1.807) is 13.8 Å². The van der Waals surface area contributed by atoms with Gasteiger partial charge in [-0.2, -0.15) is 0 Å². The molecule has 4 rings (SSSR count). The van der Waals surface area contributed by atoms with Gasteiger partial charge in [-0.25, -0.2) is 0 Å². The summed E-state index contributed by atoms with van der Waals surface area (Å²) < 4.78 is 0. The number of rotatable bonds is 2. The van der Waals surface area contributed by atoms with Crippen LogP contribution in [0.1, 0.15) is 59.8 Å². The second-order valence-electron chi connectivity index (χ2n) is 10.1. The first-order chi connectivity index (χ1) is 13.1. The van der Waals surface area contributed by atoms with Crippen molar-refractivity contribution in [3.8, 4) is 0 Å². The van der Waals surface area contributed by atoms with Crippen LogP contribution in [-0.4, -0.2) is 29.1 Å². The molecule has 3 unspecified atom stereocenters. The second kappa shape index (κ2) is 6.72. The number of allylic oxidation sites excluding steroid dienone is 3. The number of carbonyl (C=O) groups excluding carboxylic acids is 2. The van der Waals surface area contributed by atoms with Crippen molar-refractivity contribution in [1.29, 1.82) is 0 Å². The summed E-state index contributed by atoms with van der Waals surface area (Å²) >= 11 is 0. The van der Waals surface area contributed by atoms with Gasteiger partial charge in [0.15, 0.2) is 0 Å². The van der Waals surface area contributed by atoms with Crippen molar-refractivity contribution in [3.63, 3.8) is 0 Å². The predicted molar refractivity (Wildman–Crippen MR) is 108 cm³/mol. The van der Waals surface area contributed by atoms with Crippen molar-refractivity contribution in [2.45, 2.75) is 71.9 Å². The quantitative estimate of drug-likeness (QED) is 0.639. The third-order valence-corrected chi connectivity index (χ3v) is 8.48. The van der Waals surface area contributed by atoms with E-state index in [1.807, 2.05) is 6.08 Å². The Morgan fingerprint density at radius 3 is 2.54 bits per heavy atom. The van der Waals surface area contributed by atoms with E-state index in [4.69, 9.17) is 0 Å². The summed E-state index contributed by atoms with van der Waals surface area (Å²) in [5, 5.41) is 16.6. The molecule has 0 aromatic rings. The lowest BCUT2D eigenvalue weighted by molar-refractivity contribution is -0.121. The van der Waals surface area contributed by atoms with E-state index in [9.17, 15) is 14.7 Å². The van der Waals surface area contributed by atoms with E-state index in [0.29, 0.717) is 17.8 Å². The van der Waals surface area contributed by atoms with Gasteiger partial charge in [-0.15, -0.1) is 0 Å². The minimum atomic E-state index is -0.408. The monoisotopic (exact) mass is 386 g/mol. The Labute approximate surface area is 168 Å². The predicted octanol–water partition coefficient (Wildman–Crippen LogP) is 2.91. The number of hydrogen-bond donors (Lipinski definition) is 3. The van der Waals surface area contributed by atoms with Crippen LogP contribution < -0.4 is 10.6 Å². The van der Waals surface area contributed by atoms with Crippen molar-refractivity contribution < 1.29 is 14.7 Å². The second-order valence-corrected chi connectivity index (χ2v) is 10.1. The third kappa shape index (κ3) is 2.94. The molecule has 5 heteroatoms. The largest absolute Gasteiger partial charge is 0.389 e. The van der Waals surface area contributed by atoms with Crippen molar-refractivity contribution in [2.75, 3.05) is 0 Å². The van der Waals surface area contributed by atoms with Gasteiger partial charge in [0.05, 0.1) is 6.10 Å². The molecule has 28 heavy (non-hydrogen) atoms. The van der Waals surface area contributed by atoms with Gasteiger partial charge in [-0.1, -0.05) is 32.1 Å². The van der Waals surface area contributed by atoms with Crippen LogP contribution in [0.4, 0.5) is 0 Å². The molecular formula is C23H34N2O3. The zero-order chi connectivity index (χ0) is 20.3. The van der Waals surface area contributed by atoms with Crippen LogP contribution in [-0.2, 0) is 9.59 Å². The maximum absolute atomic E-state index is 12.0. The Morgan fingerprint density at radius 2 is 1.86 bits per heavy atom. The highest BCUT2D eigenvalue weighted by Gasteiger charge is 2.60. The van der Waals surface area contributed by atoms with Gasteiger partial charge in [-0.3, -0.25) is 9.59 Å². The van der Waals surface area contributed by atoms with E-state index in [2.05, 4.69) is 36.6 Å². The van der Waals surface area contributed by atoms with Crippen molar-refractivity contribution in [1.82, 2.24) is 10.6 Å². The molecule has 2 saturated carbocycles. The van der Waals surface area contributed by atoms with Gasteiger partial charge in [0.25, 0.3) is 0 Å². The summed E-state index contributed by atoms with van der Waals surface area (Å²) in [5.74, 6) is 1.45. The molecule has 0 heterocycles. The Bertz CT molecular complexity index is 744. The Hall–Kier alpha value is -1.62. The first kappa shape index (κ1) is 19.7. The third-order valence-electron chi connectivity index (χ3n) is 8.48. The standard InChI is InChI=1S/C23H34N2O3/c1-13(26)24-19-12-15-11-16(28)7-9-22(15,3)18-8-10-23(4)17(21(18)19)5-6-20(23)25-14(2)27/h7,9,12,15-18,20-21,28H,5-6,8,10-11H2,1-4H3,(H,24,26)(H,25,27)/t15?,16?,17-,18+,20?,21-,22-,23-/m0/s1. The summed E-state index contributed by atoms with van der Waals surface area (Å²) in [6.45, 7) is 7.86. The number of nitrogens with one attached hydrogen (secondary N) is 2. The van der Waals surface area contributed by atoms with E-state index < -0.39 is 6.10 Å². The van der Waals surface area contributed by atoms with Crippen molar-refractivity contribution >= 4 is 11.8 Å². The molecule has 0 bridgehead atoms. The molecule has 8 atom stereocenters. The summed E-state index contributed by atoms with van der Waals surface area (Å²) in [5.41, 5.74) is 1.13. The molecule has 0 aromatic carbocycles. The molecule has 4 aliphatic carbocycles. The summed E-state index contributed by atoms with van der Waals surface area (Å²) in [6.07, 6.45) is 11.0. The summed E-state index contributed by atoms with van der Waals surface area (Å²) in [6, 6.07) is 0.212. The number of carbonyl (C=O) groups is 2. The molecule has 2 fully saturated rings. The molecule has 0 radical (unpaired) electrons. The van der Waals surface area contributed by atoms with Crippen LogP contribution in [0, 0.1) is 34.5 Å². The molecule has 0 spiro atoms. The lowest BCUT2D eigenvalue weighted by atomic mass is 9.47. The lowest BCUT2D eigenvalue weighted by Gasteiger charge is -2.58. The summed E-state index contributed by atoms with van der Waals surface area (Å²) in [7, 11) is 0. The summed E-state index contributed by atoms with van der Waals surface area (Å²) in [4.78, 5) is 23.8. The minimum absolute atomic E-state index is 0.0132. The van der Waals surface area contributed by atoms with Crippen LogP contribution >= 0.6 is 0 Å². The van der Waals surface area contributed by atoms with Gasteiger partial charge in [-0.05, 0) is 60.7 Å². The average Bonchev–Trinajstić information content (AvgIpc) is 2.92. The van der Waals surface area contributed by atoms with Gasteiger partial charge in [0.2, 0.25) is 11.8 Å². The van der Waals surface area contributed by atoms with Crippen LogP contribution in [0.3, 0.4) is 0 Å². The molecule has 2 amide bonds. The molecular weight excluding hydrogens is 352 g/mol. The van der Waals surface area contributed by atoms with Crippen molar-refractivity contribution in [2.24, 2.45) is 34.5 Å². The smallest absolute Gasteiger partial charge is 0.220 e. The Balaban J connectivity index is 1.74. The lowest BCUT2D eigenvalue weighted by Crippen LogP contribution is -2.56. The Morgan fingerprint density at radius 1 is 1.11 bits per heavy atom. The molecule has 0 aromatic heterocycles. The van der Waals surface area contributed by atoms with Gasteiger partial charge < -0.3 is 15.7 Å². The number of aliphatic hydroxyl groups excluding tert-OH is 1. The number of hydrogen-bond acceptors (Lipinski definition) is 3. The highest BCUT2D eigenvalue weighted by Crippen LogP contribution is 2.64. The maximum Gasteiger partial charge on any atom is 0.220 e. The highest BCUT2D eigenvalue weighted by molar-refractivity contribution is 5.75. The topological polar surface area (TPSA) is 78.4 Å². The fraction of sp³-hybridized carbons (Fsp3) is 0.739. The molecule has 4 aliphatic rings. The first-order valence-electron chi connectivity index (χ1n) is 10.8. The van der Waals surface area contributed by atoms with Crippen molar-refractivity contribution in [3.05, 3.63) is 23.9 Å². The molecule has 154 valence electrons. The fourth-order valence-corrected chi connectivity index (χ4v) is 7.09. The highest BCUT2D eigenvalue weighted by atomic mass is 16.3. The Kier molecular flexibility index (Phi) is 4.72. The van der Waals surface area contributed by atoms with Gasteiger partial charge in [0.1, 0.15) is 0 Å². The molecule has 0 saturated heterocycles. The maximum atomic E-state index is 12.0. The zero-order valence-electron chi connectivity index (χ0n) is 17.5. The molecule has 0 aliphatic heterocycles. The van der Waals surface area contributed by atoms with E-state index in [1.165, 1.54) is 0 Å². The first-order valence-corrected chi connectivity index (χ1v) is 10.8.